The molecule has 2 aliphatic rings. The number of fused-ring (bicyclic) bond motifs is 1. The number of hydrogen-bond acceptors (Lipinski definition) is 6. The third kappa shape index (κ3) is 4.62. The number of aromatic nitrogens is 3. The van der Waals surface area contributed by atoms with Crippen LogP contribution in [0.4, 0.5) is 10.6 Å². The average molecular weight is 500 g/mol. The summed E-state index contributed by atoms with van der Waals surface area (Å²) in [5.74, 6) is 0.427. The molecule has 2 aromatic heterocycles. The van der Waals surface area contributed by atoms with Gasteiger partial charge in [0.2, 0.25) is 5.88 Å². The Balaban J connectivity index is 1.75. The van der Waals surface area contributed by atoms with E-state index >= 15 is 0 Å². The normalized spacial score (nSPS) is 19.6. The number of hydrogen-bond donors (Lipinski definition) is 3. The highest BCUT2D eigenvalue weighted by atomic mass is 79.9. The predicted octanol–water partition coefficient (Wildman–Crippen LogP) is 4.93. The van der Waals surface area contributed by atoms with Gasteiger partial charge in [-0.25, -0.2) is 4.79 Å². The number of aromatic amines is 1. The summed E-state index contributed by atoms with van der Waals surface area (Å²) < 4.78 is 6.38. The second kappa shape index (κ2) is 8.54. The Kier molecular flexibility index (Phi) is 5.94. The van der Waals surface area contributed by atoms with Gasteiger partial charge in [-0.1, -0.05) is 19.9 Å². The Morgan fingerprint density at radius 1 is 1.34 bits per heavy atom. The molecule has 0 fully saturated rings. The van der Waals surface area contributed by atoms with E-state index in [0.717, 1.165) is 22.3 Å². The molecule has 1 amide bonds. The van der Waals surface area contributed by atoms with Gasteiger partial charge < -0.3 is 15.4 Å². The number of halogens is 1. The van der Waals surface area contributed by atoms with Crippen LogP contribution in [0.1, 0.15) is 57.7 Å². The van der Waals surface area contributed by atoms with Crippen LogP contribution in [0.25, 0.3) is 6.08 Å². The van der Waals surface area contributed by atoms with Crippen molar-refractivity contribution >= 4 is 39.7 Å². The number of Topliss-reactive ketones (excluding diaryl/α,β-unsaturated/α-hetero) is 1. The lowest BCUT2D eigenvalue weighted by molar-refractivity contribution is -0.118. The summed E-state index contributed by atoms with van der Waals surface area (Å²) in [6, 6.07) is 3.71. The molecule has 1 aliphatic heterocycles. The first kappa shape index (κ1) is 22.3. The molecule has 4 rings (SSSR count). The second-order valence-corrected chi connectivity index (χ2v) is 10.1. The van der Waals surface area contributed by atoms with E-state index in [0.29, 0.717) is 23.4 Å². The Hall–Kier alpha value is -2.94. The molecule has 1 aliphatic carbocycles. The van der Waals surface area contributed by atoms with Gasteiger partial charge >= 0.3 is 6.09 Å². The molecule has 2 aromatic rings. The van der Waals surface area contributed by atoms with Crippen molar-refractivity contribution in [2.45, 2.75) is 52.5 Å². The van der Waals surface area contributed by atoms with Crippen molar-refractivity contribution in [3.8, 4) is 5.88 Å². The minimum Gasteiger partial charge on any atom is -0.389 e. The number of carbonyl (C=O) groups excluding carboxylic acids is 2. The largest absolute Gasteiger partial charge is 0.414 e. The summed E-state index contributed by atoms with van der Waals surface area (Å²) >= 11 is 3.39. The zero-order chi connectivity index (χ0) is 23.0. The number of nitrogens with one attached hydrogen (secondary N) is 3. The van der Waals surface area contributed by atoms with Gasteiger partial charge in [0.1, 0.15) is 5.82 Å². The van der Waals surface area contributed by atoms with Crippen molar-refractivity contribution in [3.63, 3.8) is 0 Å². The van der Waals surface area contributed by atoms with Crippen molar-refractivity contribution in [1.82, 2.24) is 20.5 Å². The van der Waals surface area contributed by atoms with Crippen LogP contribution in [0.15, 0.2) is 40.1 Å². The van der Waals surface area contributed by atoms with Crippen LogP contribution >= 0.6 is 15.9 Å². The highest BCUT2D eigenvalue weighted by molar-refractivity contribution is 9.10. The van der Waals surface area contributed by atoms with E-state index in [1.54, 1.807) is 6.20 Å². The topological polar surface area (TPSA) is 109 Å². The summed E-state index contributed by atoms with van der Waals surface area (Å²) in [5, 5.41) is 13.2. The van der Waals surface area contributed by atoms with E-state index in [1.807, 2.05) is 38.1 Å². The summed E-state index contributed by atoms with van der Waals surface area (Å²) in [6.07, 6.45) is 6.10. The van der Waals surface area contributed by atoms with Crippen LogP contribution in [0, 0.1) is 5.41 Å². The van der Waals surface area contributed by atoms with Crippen molar-refractivity contribution < 1.29 is 14.3 Å². The Morgan fingerprint density at radius 2 is 2.12 bits per heavy atom. The Morgan fingerprint density at radius 3 is 2.81 bits per heavy atom. The van der Waals surface area contributed by atoms with Gasteiger partial charge in [-0.05, 0) is 59.8 Å². The lowest BCUT2D eigenvalue weighted by atomic mass is 9.70. The molecular formula is C23H26BrN5O3. The van der Waals surface area contributed by atoms with Crippen LogP contribution in [0.3, 0.4) is 0 Å². The maximum atomic E-state index is 13.2. The molecule has 32 heavy (non-hydrogen) atoms. The molecule has 0 radical (unpaired) electrons. The van der Waals surface area contributed by atoms with Gasteiger partial charge in [0, 0.05) is 40.3 Å². The number of carbonyl (C=O) groups is 2. The lowest BCUT2D eigenvalue weighted by Crippen LogP contribution is -2.34. The first-order valence-electron chi connectivity index (χ1n) is 10.5. The van der Waals surface area contributed by atoms with Crippen LogP contribution < -0.4 is 15.4 Å². The van der Waals surface area contributed by atoms with Gasteiger partial charge in [-0.15, -0.1) is 5.10 Å². The summed E-state index contributed by atoms with van der Waals surface area (Å²) in [4.78, 5) is 29.8. The molecule has 168 valence electrons. The fourth-order valence-electron chi connectivity index (χ4n) is 4.12. The number of amides is 1. The molecule has 9 heteroatoms. The third-order valence-electron chi connectivity index (χ3n) is 5.39. The molecule has 1 atom stereocenters. The van der Waals surface area contributed by atoms with Gasteiger partial charge in [0.25, 0.3) is 0 Å². The molecule has 0 saturated carbocycles. The standard InChI is InChI=1S/C23H26BrN5O3/c1-12(2)26-22(31)32-21-19-15(8-7-14-6-5-13(24)11-25-14)18-16(27-20(19)28-29-21)9-23(3,4)10-17(18)30/h5-8,11-12,15H,9-10H2,1-4H3,(H,26,31)(H2,27,28,29)/b8-7+. The van der Waals surface area contributed by atoms with Crippen molar-refractivity contribution in [2.24, 2.45) is 5.41 Å². The number of anilines is 1. The maximum Gasteiger partial charge on any atom is 0.414 e. The smallest absolute Gasteiger partial charge is 0.389 e. The summed E-state index contributed by atoms with van der Waals surface area (Å²) in [6.45, 7) is 7.86. The number of H-pyrrole nitrogens is 1. The first-order chi connectivity index (χ1) is 15.1. The molecular weight excluding hydrogens is 474 g/mol. The predicted molar refractivity (Wildman–Crippen MR) is 125 cm³/mol. The highest BCUT2D eigenvalue weighted by Crippen LogP contribution is 2.49. The number of nitrogens with zero attached hydrogens (tertiary/aromatic N) is 2. The van der Waals surface area contributed by atoms with Crippen LogP contribution in [0.5, 0.6) is 5.88 Å². The lowest BCUT2D eigenvalue weighted by Gasteiger charge is -2.37. The highest BCUT2D eigenvalue weighted by Gasteiger charge is 2.41. The molecule has 0 aromatic carbocycles. The molecule has 3 heterocycles. The Labute approximate surface area is 195 Å². The number of ketones is 1. The zero-order valence-electron chi connectivity index (χ0n) is 18.5. The van der Waals surface area contributed by atoms with Crippen molar-refractivity contribution in [3.05, 3.63) is 51.4 Å². The van der Waals surface area contributed by atoms with Gasteiger partial charge in [0.05, 0.1) is 11.3 Å². The van der Waals surface area contributed by atoms with Crippen LogP contribution in [0.2, 0.25) is 0 Å². The summed E-state index contributed by atoms with van der Waals surface area (Å²) in [5.41, 5.74) is 2.80. The molecule has 8 nitrogen and oxygen atoms in total. The van der Waals surface area contributed by atoms with E-state index in [2.05, 4.69) is 55.6 Å². The molecule has 0 saturated heterocycles. The number of ether oxygens (including phenoxy) is 1. The third-order valence-corrected chi connectivity index (χ3v) is 5.86. The van der Waals surface area contributed by atoms with Crippen LogP contribution in [-0.4, -0.2) is 33.1 Å². The van der Waals surface area contributed by atoms with Crippen molar-refractivity contribution in [2.75, 3.05) is 5.32 Å². The maximum absolute atomic E-state index is 13.2. The first-order valence-corrected chi connectivity index (χ1v) is 11.3. The Bertz CT molecular complexity index is 1120. The molecule has 3 N–H and O–H groups in total. The van der Waals surface area contributed by atoms with Gasteiger partial charge in [-0.3, -0.25) is 14.9 Å². The molecule has 1 unspecified atom stereocenters. The number of rotatable bonds is 4. The SMILES string of the molecule is CC(C)NC(=O)Oc1n[nH]c2c1C(/C=C/c1ccc(Br)cn1)C1=C(CC(C)(C)CC1=O)N2. The van der Waals surface area contributed by atoms with E-state index in [4.69, 9.17) is 4.74 Å². The number of pyridine rings is 1. The zero-order valence-corrected chi connectivity index (χ0v) is 20.0. The average Bonchev–Trinajstić information content (AvgIpc) is 3.07. The van der Waals surface area contributed by atoms with Gasteiger partial charge in [0.15, 0.2) is 5.78 Å². The van der Waals surface area contributed by atoms with Crippen LogP contribution in [-0.2, 0) is 4.79 Å². The minimum atomic E-state index is -0.595. The molecule has 0 bridgehead atoms. The fraction of sp³-hybridized carbons (Fsp3) is 0.391. The van der Waals surface area contributed by atoms with E-state index < -0.39 is 12.0 Å². The monoisotopic (exact) mass is 499 g/mol. The van der Waals surface area contributed by atoms with E-state index in [9.17, 15) is 9.59 Å². The van der Waals surface area contributed by atoms with E-state index in [1.165, 1.54) is 0 Å². The fourth-order valence-corrected chi connectivity index (χ4v) is 4.36. The second-order valence-electron chi connectivity index (χ2n) is 9.20. The molecule has 0 spiro atoms. The van der Waals surface area contributed by atoms with E-state index in [-0.39, 0.29) is 23.1 Å². The minimum absolute atomic E-state index is 0.0756. The van der Waals surface area contributed by atoms with Crippen molar-refractivity contribution in [1.29, 1.82) is 0 Å². The number of allylic oxidation sites excluding steroid dienone is 3. The summed E-state index contributed by atoms with van der Waals surface area (Å²) in [7, 11) is 0. The quantitative estimate of drug-likeness (QED) is 0.550. The van der Waals surface area contributed by atoms with Gasteiger partial charge in [-0.2, -0.15) is 0 Å².